The number of hydrogen-bond donors (Lipinski definition) is 1. The molecule has 1 nitrogen and oxygen atoms in total. The van der Waals surface area contributed by atoms with Gasteiger partial charge in [0.2, 0.25) is 0 Å². The Balaban J connectivity index is 2.09. The Hall–Kier alpha value is -0.960. The van der Waals surface area contributed by atoms with Crippen molar-refractivity contribution in [3.8, 4) is 0 Å². The number of thioether (sulfide) groups is 1. The topological polar surface area (TPSA) is 20.2 Å². The normalized spacial score (nSPS) is 10.6. The van der Waals surface area contributed by atoms with E-state index in [2.05, 4.69) is 25.1 Å². The molecule has 0 atom stereocenters. The zero-order chi connectivity index (χ0) is 13.0. The van der Waals surface area contributed by atoms with E-state index in [4.69, 9.17) is 16.7 Å². The maximum Gasteiger partial charge on any atom is 0.0682 e. The second-order valence-corrected chi connectivity index (χ2v) is 5.56. The zero-order valence-electron chi connectivity index (χ0n) is 10.2. The molecule has 2 aromatic carbocycles. The third kappa shape index (κ3) is 3.29. The van der Waals surface area contributed by atoms with Gasteiger partial charge in [0.05, 0.1) is 11.6 Å². The van der Waals surface area contributed by atoms with Gasteiger partial charge in [-0.25, -0.2) is 0 Å². The molecule has 0 aliphatic rings. The predicted octanol–water partition coefficient (Wildman–Crippen LogP) is 4.43. The standard InChI is InChI=1S/C15H15ClOS/c1-11-4-2-3-5-13(11)10-18-15-7-6-12(9-17)8-14(15)16/h2-8,17H,9-10H2,1H3. The van der Waals surface area contributed by atoms with Crippen LogP contribution in [-0.4, -0.2) is 5.11 Å². The Morgan fingerprint density at radius 1 is 1.17 bits per heavy atom. The minimum absolute atomic E-state index is 0.0302. The van der Waals surface area contributed by atoms with E-state index in [1.165, 1.54) is 11.1 Å². The molecule has 0 aliphatic heterocycles. The van der Waals surface area contributed by atoms with Gasteiger partial charge >= 0.3 is 0 Å². The molecular formula is C15H15ClOS. The van der Waals surface area contributed by atoms with E-state index in [1.807, 2.05) is 24.3 Å². The molecule has 0 saturated heterocycles. The zero-order valence-corrected chi connectivity index (χ0v) is 11.8. The van der Waals surface area contributed by atoms with Gasteiger partial charge in [-0.2, -0.15) is 0 Å². The smallest absolute Gasteiger partial charge is 0.0682 e. The summed E-state index contributed by atoms with van der Waals surface area (Å²) in [5.41, 5.74) is 3.47. The molecule has 0 fully saturated rings. The van der Waals surface area contributed by atoms with Crippen LogP contribution in [0, 0.1) is 6.92 Å². The first kappa shape index (κ1) is 13.5. The molecule has 3 heteroatoms. The Morgan fingerprint density at radius 3 is 2.61 bits per heavy atom. The Kier molecular flexibility index (Phi) is 4.70. The monoisotopic (exact) mass is 278 g/mol. The average molecular weight is 279 g/mol. The fourth-order valence-corrected chi connectivity index (χ4v) is 3.05. The predicted molar refractivity (Wildman–Crippen MR) is 78.1 cm³/mol. The molecule has 18 heavy (non-hydrogen) atoms. The first-order valence-electron chi connectivity index (χ1n) is 5.77. The van der Waals surface area contributed by atoms with Crippen molar-refractivity contribution in [2.45, 2.75) is 24.2 Å². The van der Waals surface area contributed by atoms with E-state index in [0.717, 1.165) is 16.2 Å². The highest BCUT2D eigenvalue weighted by Crippen LogP contribution is 2.31. The van der Waals surface area contributed by atoms with Crippen molar-refractivity contribution < 1.29 is 5.11 Å². The van der Waals surface area contributed by atoms with Gasteiger partial charge in [0.15, 0.2) is 0 Å². The van der Waals surface area contributed by atoms with Crippen LogP contribution in [0.25, 0.3) is 0 Å². The van der Waals surface area contributed by atoms with Crippen LogP contribution < -0.4 is 0 Å². The van der Waals surface area contributed by atoms with Gasteiger partial charge < -0.3 is 5.11 Å². The van der Waals surface area contributed by atoms with E-state index in [1.54, 1.807) is 11.8 Å². The molecule has 94 valence electrons. The fraction of sp³-hybridized carbons (Fsp3) is 0.200. The summed E-state index contributed by atoms with van der Waals surface area (Å²) in [5, 5.41) is 9.74. The molecule has 1 N–H and O–H groups in total. The SMILES string of the molecule is Cc1ccccc1CSc1ccc(CO)cc1Cl. The first-order valence-corrected chi connectivity index (χ1v) is 7.13. The molecule has 2 aromatic rings. The number of benzene rings is 2. The van der Waals surface area contributed by atoms with Crippen molar-refractivity contribution >= 4 is 23.4 Å². The minimum Gasteiger partial charge on any atom is -0.392 e. The van der Waals surface area contributed by atoms with Crippen LogP contribution in [0.2, 0.25) is 5.02 Å². The van der Waals surface area contributed by atoms with E-state index in [-0.39, 0.29) is 6.61 Å². The summed E-state index contributed by atoms with van der Waals surface area (Å²) in [6.45, 7) is 2.15. The Labute approximate surface area is 117 Å². The number of hydrogen-bond acceptors (Lipinski definition) is 2. The van der Waals surface area contributed by atoms with Crippen molar-refractivity contribution in [1.29, 1.82) is 0 Å². The molecule has 0 spiro atoms. The molecule has 0 unspecified atom stereocenters. The molecular weight excluding hydrogens is 264 g/mol. The number of aliphatic hydroxyl groups excluding tert-OH is 1. The lowest BCUT2D eigenvalue weighted by atomic mass is 10.1. The molecule has 0 aliphatic carbocycles. The molecule has 0 amide bonds. The molecule has 0 radical (unpaired) electrons. The summed E-state index contributed by atoms with van der Waals surface area (Å²) in [4.78, 5) is 1.05. The second kappa shape index (κ2) is 6.28. The van der Waals surface area contributed by atoms with Crippen molar-refractivity contribution in [1.82, 2.24) is 0 Å². The van der Waals surface area contributed by atoms with Crippen LogP contribution in [0.15, 0.2) is 47.4 Å². The van der Waals surface area contributed by atoms with E-state index >= 15 is 0 Å². The lowest BCUT2D eigenvalue weighted by molar-refractivity contribution is 0.282. The minimum atomic E-state index is 0.0302. The van der Waals surface area contributed by atoms with Crippen molar-refractivity contribution in [2.75, 3.05) is 0 Å². The maximum atomic E-state index is 9.03. The van der Waals surface area contributed by atoms with Crippen molar-refractivity contribution in [3.05, 3.63) is 64.2 Å². The number of aryl methyl sites for hydroxylation is 1. The van der Waals surface area contributed by atoms with Gasteiger partial charge in [-0.15, -0.1) is 11.8 Å². The number of halogens is 1. The molecule has 0 bridgehead atoms. The largest absolute Gasteiger partial charge is 0.392 e. The Morgan fingerprint density at radius 2 is 1.94 bits per heavy atom. The fourth-order valence-electron chi connectivity index (χ4n) is 1.69. The lowest BCUT2D eigenvalue weighted by Gasteiger charge is -2.07. The maximum absolute atomic E-state index is 9.03. The van der Waals surface area contributed by atoms with E-state index in [0.29, 0.717) is 5.02 Å². The molecule has 2 rings (SSSR count). The van der Waals surface area contributed by atoms with Gasteiger partial charge in [0, 0.05) is 10.6 Å². The van der Waals surface area contributed by atoms with E-state index in [9.17, 15) is 0 Å². The quantitative estimate of drug-likeness (QED) is 0.835. The molecule has 0 saturated carbocycles. The average Bonchev–Trinajstić information content (AvgIpc) is 2.39. The number of rotatable bonds is 4. The van der Waals surface area contributed by atoms with Crippen LogP contribution >= 0.6 is 23.4 Å². The van der Waals surface area contributed by atoms with E-state index < -0.39 is 0 Å². The van der Waals surface area contributed by atoms with Gasteiger partial charge in [0.1, 0.15) is 0 Å². The Bertz CT molecular complexity index is 540. The lowest BCUT2D eigenvalue weighted by Crippen LogP contribution is -1.87. The molecule has 0 heterocycles. The highest BCUT2D eigenvalue weighted by molar-refractivity contribution is 7.98. The summed E-state index contributed by atoms with van der Waals surface area (Å²) >= 11 is 7.90. The highest BCUT2D eigenvalue weighted by atomic mass is 35.5. The van der Waals surface area contributed by atoms with Crippen LogP contribution in [0.3, 0.4) is 0 Å². The van der Waals surface area contributed by atoms with Crippen molar-refractivity contribution in [2.24, 2.45) is 0 Å². The van der Waals surface area contributed by atoms with Crippen LogP contribution in [0.1, 0.15) is 16.7 Å². The second-order valence-electron chi connectivity index (χ2n) is 4.14. The van der Waals surface area contributed by atoms with Gasteiger partial charge in [0.25, 0.3) is 0 Å². The molecule has 0 aromatic heterocycles. The first-order chi connectivity index (χ1) is 8.70. The van der Waals surface area contributed by atoms with Gasteiger partial charge in [-0.05, 0) is 35.7 Å². The number of aliphatic hydroxyl groups is 1. The van der Waals surface area contributed by atoms with Crippen LogP contribution in [0.5, 0.6) is 0 Å². The van der Waals surface area contributed by atoms with Crippen LogP contribution in [0.4, 0.5) is 0 Å². The summed E-state index contributed by atoms with van der Waals surface area (Å²) in [6.07, 6.45) is 0. The third-order valence-electron chi connectivity index (χ3n) is 2.82. The van der Waals surface area contributed by atoms with Crippen molar-refractivity contribution in [3.63, 3.8) is 0 Å². The highest BCUT2D eigenvalue weighted by Gasteiger charge is 2.04. The summed E-state index contributed by atoms with van der Waals surface area (Å²) in [5.74, 6) is 0.908. The summed E-state index contributed by atoms with van der Waals surface area (Å²) < 4.78 is 0. The van der Waals surface area contributed by atoms with Crippen LogP contribution in [-0.2, 0) is 12.4 Å². The van der Waals surface area contributed by atoms with Gasteiger partial charge in [-0.3, -0.25) is 0 Å². The van der Waals surface area contributed by atoms with Gasteiger partial charge in [-0.1, -0.05) is 41.9 Å². The summed E-state index contributed by atoms with van der Waals surface area (Å²) in [6, 6.07) is 14.1. The summed E-state index contributed by atoms with van der Waals surface area (Å²) in [7, 11) is 0. The third-order valence-corrected chi connectivity index (χ3v) is 4.37.